The van der Waals surface area contributed by atoms with Gasteiger partial charge in [-0.1, -0.05) is 19.3 Å². The van der Waals surface area contributed by atoms with Crippen molar-refractivity contribution in [3.8, 4) is 5.69 Å². The molecular weight excluding hydrogens is 377 g/mol. The largest absolute Gasteiger partial charge is 0.338 e. The molecule has 2 aromatic rings. The lowest BCUT2D eigenvalue weighted by Gasteiger charge is -2.22. The monoisotopic (exact) mass is 403 g/mol. The number of halogens is 1. The van der Waals surface area contributed by atoms with Crippen molar-refractivity contribution < 1.29 is 14.0 Å². The Morgan fingerprint density at radius 1 is 1.24 bits per heavy atom. The number of hydrogen-bond acceptors (Lipinski definition) is 5. The number of carbonyl (C=O) groups is 2. The number of benzene rings is 1. The molecule has 1 fully saturated rings. The van der Waals surface area contributed by atoms with Crippen LogP contribution < -0.4 is 16.0 Å². The van der Waals surface area contributed by atoms with Crippen LogP contribution in [0.1, 0.15) is 50.8 Å². The first-order valence-corrected chi connectivity index (χ1v) is 9.92. The van der Waals surface area contributed by atoms with Gasteiger partial charge in [0.1, 0.15) is 11.5 Å². The highest BCUT2D eigenvalue weighted by atomic mass is 19.1. The highest BCUT2D eigenvalue weighted by Gasteiger charge is 2.15. The Bertz CT molecular complexity index is 849. The van der Waals surface area contributed by atoms with Gasteiger partial charge in [0.05, 0.1) is 0 Å². The maximum Gasteiger partial charge on any atom is 0.315 e. The molecule has 0 radical (unpaired) electrons. The van der Waals surface area contributed by atoms with Crippen LogP contribution in [0.15, 0.2) is 18.2 Å². The Morgan fingerprint density at radius 3 is 2.76 bits per heavy atom. The number of rotatable bonds is 7. The predicted octanol–water partition coefficient (Wildman–Crippen LogP) is 2.46. The number of amides is 3. The molecule has 0 spiro atoms. The molecule has 1 heterocycles. The molecule has 0 atom stereocenters. The molecule has 3 rings (SSSR count). The fourth-order valence-corrected chi connectivity index (χ4v) is 3.36. The molecule has 10 heteroatoms. The second kappa shape index (κ2) is 9.94. The van der Waals surface area contributed by atoms with E-state index >= 15 is 0 Å². The van der Waals surface area contributed by atoms with E-state index in [0.29, 0.717) is 24.5 Å². The van der Waals surface area contributed by atoms with Gasteiger partial charge in [-0.15, -0.1) is 5.10 Å². The van der Waals surface area contributed by atoms with Gasteiger partial charge < -0.3 is 16.0 Å². The Labute approximate surface area is 168 Å². The molecule has 1 aromatic heterocycles. The van der Waals surface area contributed by atoms with Gasteiger partial charge in [-0.2, -0.15) is 4.68 Å². The highest BCUT2D eigenvalue weighted by molar-refractivity contribution is 5.91. The highest BCUT2D eigenvalue weighted by Crippen LogP contribution is 2.19. The summed E-state index contributed by atoms with van der Waals surface area (Å²) in [6.07, 6.45) is 6.34. The van der Waals surface area contributed by atoms with Crippen LogP contribution in [0, 0.1) is 12.7 Å². The molecule has 9 nitrogen and oxygen atoms in total. The van der Waals surface area contributed by atoms with Crippen molar-refractivity contribution in [2.24, 2.45) is 0 Å². The third kappa shape index (κ3) is 5.97. The van der Waals surface area contributed by atoms with Crippen molar-refractivity contribution in [2.45, 2.75) is 57.9 Å². The summed E-state index contributed by atoms with van der Waals surface area (Å²) in [5.41, 5.74) is 0.607. The third-order valence-electron chi connectivity index (χ3n) is 4.89. The first-order valence-electron chi connectivity index (χ1n) is 9.92. The smallest absolute Gasteiger partial charge is 0.315 e. The van der Waals surface area contributed by atoms with Crippen LogP contribution in [0.25, 0.3) is 5.69 Å². The van der Waals surface area contributed by atoms with Crippen molar-refractivity contribution in [3.05, 3.63) is 29.8 Å². The van der Waals surface area contributed by atoms with Gasteiger partial charge in [0.15, 0.2) is 5.82 Å². The summed E-state index contributed by atoms with van der Waals surface area (Å²) in [6.45, 7) is 2.06. The molecule has 1 saturated carbocycles. The molecule has 0 aliphatic heterocycles. The number of carbonyl (C=O) groups excluding carboxylic acids is 2. The summed E-state index contributed by atoms with van der Waals surface area (Å²) >= 11 is 0. The molecule has 0 unspecified atom stereocenters. The molecule has 156 valence electrons. The maximum atomic E-state index is 14.1. The van der Waals surface area contributed by atoms with Crippen LogP contribution in [-0.2, 0) is 4.79 Å². The molecule has 1 aliphatic carbocycles. The number of aromatic nitrogens is 4. The van der Waals surface area contributed by atoms with Crippen molar-refractivity contribution in [3.63, 3.8) is 0 Å². The number of aryl methyl sites for hydroxylation is 1. The lowest BCUT2D eigenvalue weighted by atomic mass is 9.96. The number of tetrazole rings is 1. The van der Waals surface area contributed by atoms with Crippen LogP contribution in [0.3, 0.4) is 0 Å². The molecule has 1 aromatic carbocycles. The summed E-state index contributed by atoms with van der Waals surface area (Å²) in [4.78, 5) is 24.0. The normalized spacial score (nSPS) is 14.4. The minimum absolute atomic E-state index is 0.159. The lowest BCUT2D eigenvalue weighted by Crippen LogP contribution is -2.43. The number of nitrogens with one attached hydrogen (secondary N) is 3. The summed E-state index contributed by atoms with van der Waals surface area (Å²) in [5.74, 6) is -0.276. The minimum Gasteiger partial charge on any atom is -0.338 e. The molecule has 29 heavy (non-hydrogen) atoms. The van der Waals surface area contributed by atoms with E-state index in [9.17, 15) is 14.0 Å². The summed E-state index contributed by atoms with van der Waals surface area (Å²) in [6, 6.07) is 4.28. The SMILES string of the molecule is Cc1nnnn1-c1cc(NC(=O)CCCNC(=O)NC2CCCCC2)ccc1F. The third-order valence-corrected chi connectivity index (χ3v) is 4.89. The van der Waals surface area contributed by atoms with Crippen LogP contribution in [0.5, 0.6) is 0 Å². The van der Waals surface area contributed by atoms with E-state index < -0.39 is 5.82 Å². The topological polar surface area (TPSA) is 114 Å². The molecule has 0 saturated heterocycles. The van der Waals surface area contributed by atoms with Gasteiger partial charge in [0.2, 0.25) is 5.91 Å². The number of hydrogen-bond donors (Lipinski definition) is 3. The molecular formula is C19H26FN7O2. The summed E-state index contributed by atoms with van der Waals surface area (Å²) in [5, 5.41) is 19.5. The average Bonchev–Trinajstić information content (AvgIpc) is 3.13. The van der Waals surface area contributed by atoms with Gasteiger partial charge in [-0.3, -0.25) is 4.79 Å². The fraction of sp³-hybridized carbons (Fsp3) is 0.526. The van der Waals surface area contributed by atoms with Crippen molar-refractivity contribution >= 4 is 17.6 Å². The zero-order valence-corrected chi connectivity index (χ0v) is 16.4. The molecule has 3 N–H and O–H groups in total. The number of anilines is 1. The van der Waals surface area contributed by atoms with Crippen molar-refractivity contribution in [1.29, 1.82) is 0 Å². The quantitative estimate of drug-likeness (QED) is 0.615. The summed E-state index contributed by atoms with van der Waals surface area (Å²) in [7, 11) is 0. The van der Waals surface area contributed by atoms with Crippen LogP contribution >= 0.6 is 0 Å². The molecule has 1 aliphatic rings. The lowest BCUT2D eigenvalue weighted by molar-refractivity contribution is -0.116. The van der Waals surface area contributed by atoms with E-state index in [-0.39, 0.29) is 30.1 Å². The Kier molecular flexibility index (Phi) is 7.09. The zero-order valence-electron chi connectivity index (χ0n) is 16.4. The van der Waals surface area contributed by atoms with Crippen LogP contribution in [-0.4, -0.2) is 44.7 Å². The van der Waals surface area contributed by atoms with E-state index in [1.54, 1.807) is 6.92 Å². The number of nitrogens with zero attached hydrogens (tertiary/aromatic N) is 4. The standard InChI is InChI=1S/C19H26FN7O2/c1-13-24-25-26-27(13)17-12-15(9-10-16(17)20)22-18(28)8-5-11-21-19(29)23-14-6-3-2-4-7-14/h9-10,12,14H,2-8,11H2,1H3,(H,22,28)(H2,21,23,29). The number of urea groups is 1. The van der Waals surface area contributed by atoms with E-state index in [1.165, 1.54) is 29.3 Å². The zero-order chi connectivity index (χ0) is 20.6. The van der Waals surface area contributed by atoms with E-state index in [0.717, 1.165) is 25.7 Å². The van der Waals surface area contributed by atoms with Gasteiger partial charge >= 0.3 is 6.03 Å². The van der Waals surface area contributed by atoms with Crippen LogP contribution in [0.4, 0.5) is 14.9 Å². The second-order valence-corrected chi connectivity index (χ2v) is 7.19. The molecule has 3 amide bonds. The first-order chi connectivity index (χ1) is 14.0. The van der Waals surface area contributed by atoms with Gasteiger partial charge in [-0.25, -0.2) is 9.18 Å². The predicted molar refractivity (Wildman–Crippen MR) is 105 cm³/mol. The molecule has 0 bridgehead atoms. The Hall–Kier alpha value is -3.04. The van der Waals surface area contributed by atoms with Crippen molar-refractivity contribution in [2.75, 3.05) is 11.9 Å². The summed E-state index contributed by atoms with van der Waals surface area (Å²) < 4.78 is 15.3. The second-order valence-electron chi connectivity index (χ2n) is 7.19. The van der Waals surface area contributed by atoms with E-state index in [4.69, 9.17) is 0 Å². The minimum atomic E-state index is -0.494. The first kappa shape index (κ1) is 20.7. The van der Waals surface area contributed by atoms with Gasteiger partial charge in [0, 0.05) is 24.7 Å². The van der Waals surface area contributed by atoms with E-state index in [2.05, 4.69) is 31.5 Å². The Morgan fingerprint density at radius 2 is 2.03 bits per heavy atom. The maximum absolute atomic E-state index is 14.1. The van der Waals surface area contributed by atoms with Gasteiger partial charge in [-0.05, 0) is 54.8 Å². The van der Waals surface area contributed by atoms with Crippen LogP contribution in [0.2, 0.25) is 0 Å². The fourth-order valence-electron chi connectivity index (χ4n) is 3.36. The average molecular weight is 403 g/mol. The van der Waals surface area contributed by atoms with Crippen molar-refractivity contribution in [1.82, 2.24) is 30.8 Å². The Balaban J connectivity index is 1.41. The van der Waals surface area contributed by atoms with Gasteiger partial charge in [0.25, 0.3) is 0 Å². The van der Waals surface area contributed by atoms with E-state index in [1.807, 2.05) is 0 Å².